The number of aliphatic hydroxyl groups is 1. The lowest BCUT2D eigenvalue weighted by atomic mass is 9.99. The first-order valence-corrected chi connectivity index (χ1v) is 6.62. The van der Waals surface area contributed by atoms with Gasteiger partial charge in [0.1, 0.15) is 0 Å². The van der Waals surface area contributed by atoms with Crippen LogP contribution in [0.4, 0.5) is 0 Å². The molecule has 0 radical (unpaired) electrons. The molecule has 1 unspecified atom stereocenters. The summed E-state index contributed by atoms with van der Waals surface area (Å²) < 4.78 is 0. The van der Waals surface area contributed by atoms with Gasteiger partial charge in [-0.15, -0.1) is 0 Å². The van der Waals surface area contributed by atoms with Crippen LogP contribution >= 0.6 is 0 Å². The number of piperidine rings is 1. The highest BCUT2D eigenvalue weighted by Crippen LogP contribution is 2.21. The normalized spacial score (nSPS) is 19.9. The van der Waals surface area contributed by atoms with E-state index in [1.54, 1.807) is 0 Å². The van der Waals surface area contributed by atoms with Crippen molar-refractivity contribution < 1.29 is 9.90 Å². The average molecular weight is 247 g/mol. The number of hydrogen-bond acceptors (Lipinski definition) is 2. The van der Waals surface area contributed by atoms with Crippen LogP contribution in [-0.4, -0.2) is 35.1 Å². The van der Waals surface area contributed by atoms with Gasteiger partial charge in [0, 0.05) is 12.1 Å². The smallest absolute Gasteiger partial charge is 0.254 e. The number of likely N-dealkylation sites (tertiary alicyclic amines) is 1. The Morgan fingerprint density at radius 2 is 2.17 bits per heavy atom. The summed E-state index contributed by atoms with van der Waals surface area (Å²) in [5, 5.41) is 9.39. The van der Waals surface area contributed by atoms with Gasteiger partial charge in [-0.05, 0) is 44.7 Å². The minimum Gasteiger partial charge on any atom is -0.394 e. The van der Waals surface area contributed by atoms with E-state index in [-0.39, 0.29) is 18.6 Å². The molecule has 98 valence electrons. The van der Waals surface area contributed by atoms with E-state index in [2.05, 4.69) is 0 Å². The van der Waals surface area contributed by atoms with E-state index in [0.717, 1.165) is 42.5 Å². The van der Waals surface area contributed by atoms with Crippen LogP contribution in [0.25, 0.3) is 0 Å². The predicted octanol–water partition coefficient (Wildman–Crippen LogP) is 2.29. The molecule has 1 amide bonds. The quantitative estimate of drug-likeness (QED) is 0.871. The summed E-state index contributed by atoms with van der Waals surface area (Å²) in [5.74, 6) is 0.0648. The zero-order valence-electron chi connectivity index (χ0n) is 11.1. The zero-order valence-corrected chi connectivity index (χ0v) is 11.1. The highest BCUT2D eigenvalue weighted by atomic mass is 16.3. The van der Waals surface area contributed by atoms with Crippen molar-refractivity contribution in [2.75, 3.05) is 13.2 Å². The first-order chi connectivity index (χ1) is 8.63. The molecular weight excluding hydrogens is 226 g/mol. The standard InChI is InChI=1S/C15H21NO2/c1-11-6-7-12(2)14(9-11)15(18)16-8-4-3-5-13(16)10-17/h6-7,9,13,17H,3-5,8,10H2,1-2H3. The molecule has 0 aliphatic carbocycles. The van der Waals surface area contributed by atoms with Crippen LogP contribution in [0.1, 0.15) is 40.7 Å². The molecule has 3 nitrogen and oxygen atoms in total. The SMILES string of the molecule is Cc1ccc(C)c(C(=O)N2CCCCC2CO)c1. The van der Waals surface area contributed by atoms with E-state index in [4.69, 9.17) is 0 Å². The van der Waals surface area contributed by atoms with Gasteiger partial charge in [0.2, 0.25) is 0 Å². The summed E-state index contributed by atoms with van der Waals surface area (Å²) in [6.07, 6.45) is 3.04. The van der Waals surface area contributed by atoms with E-state index < -0.39 is 0 Å². The Labute approximate surface area is 108 Å². The van der Waals surface area contributed by atoms with E-state index >= 15 is 0 Å². The molecule has 1 aliphatic rings. The fourth-order valence-electron chi connectivity index (χ4n) is 2.58. The molecule has 1 atom stereocenters. The summed E-state index contributed by atoms with van der Waals surface area (Å²) in [6, 6.07) is 5.94. The lowest BCUT2D eigenvalue weighted by Crippen LogP contribution is -2.45. The van der Waals surface area contributed by atoms with Gasteiger partial charge in [-0.25, -0.2) is 0 Å². The van der Waals surface area contributed by atoms with Gasteiger partial charge in [0.25, 0.3) is 5.91 Å². The van der Waals surface area contributed by atoms with Gasteiger partial charge >= 0.3 is 0 Å². The summed E-state index contributed by atoms with van der Waals surface area (Å²) in [7, 11) is 0. The molecular formula is C15H21NO2. The first kappa shape index (κ1) is 13.1. The minimum absolute atomic E-state index is 0.00818. The van der Waals surface area contributed by atoms with Gasteiger partial charge in [-0.2, -0.15) is 0 Å². The van der Waals surface area contributed by atoms with Gasteiger partial charge in [-0.3, -0.25) is 4.79 Å². The summed E-state index contributed by atoms with van der Waals surface area (Å²) >= 11 is 0. The number of carbonyl (C=O) groups excluding carboxylic acids is 1. The maximum Gasteiger partial charge on any atom is 0.254 e. The van der Waals surface area contributed by atoms with Gasteiger partial charge in [0.15, 0.2) is 0 Å². The van der Waals surface area contributed by atoms with Gasteiger partial charge in [0.05, 0.1) is 12.6 Å². The van der Waals surface area contributed by atoms with E-state index in [1.807, 2.05) is 36.9 Å². The molecule has 1 N–H and O–H groups in total. The van der Waals surface area contributed by atoms with Crippen molar-refractivity contribution in [2.24, 2.45) is 0 Å². The van der Waals surface area contributed by atoms with Crippen LogP contribution in [0, 0.1) is 13.8 Å². The Bertz CT molecular complexity index is 442. The van der Waals surface area contributed by atoms with Crippen molar-refractivity contribution in [3.05, 3.63) is 34.9 Å². The molecule has 0 bridgehead atoms. The Morgan fingerprint density at radius 3 is 2.89 bits per heavy atom. The molecule has 1 heterocycles. The number of aryl methyl sites for hydroxylation is 2. The van der Waals surface area contributed by atoms with E-state index in [1.165, 1.54) is 0 Å². The van der Waals surface area contributed by atoms with Crippen LogP contribution in [0.5, 0.6) is 0 Å². The zero-order chi connectivity index (χ0) is 13.1. The number of benzene rings is 1. The van der Waals surface area contributed by atoms with Crippen molar-refractivity contribution in [1.82, 2.24) is 4.90 Å². The monoisotopic (exact) mass is 247 g/mol. The lowest BCUT2D eigenvalue weighted by Gasteiger charge is -2.35. The van der Waals surface area contributed by atoms with Crippen LogP contribution in [-0.2, 0) is 0 Å². The van der Waals surface area contributed by atoms with Crippen LogP contribution in [0.3, 0.4) is 0 Å². The van der Waals surface area contributed by atoms with Gasteiger partial charge < -0.3 is 10.0 Å². The Kier molecular flexibility index (Phi) is 4.02. The van der Waals surface area contributed by atoms with Crippen molar-refractivity contribution in [2.45, 2.75) is 39.2 Å². The molecule has 1 saturated heterocycles. The van der Waals surface area contributed by atoms with E-state index in [0.29, 0.717) is 0 Å². The van der Waals surface area contributed by atoms with Crippen LogP contribution in [0.2, 0.25) is 0 Å². The summed E-state index contributed by atoms with van der Waals surface area (Å²) in [4.78, 5) is 14.4. The third-order valence-electron chi connectivity index (χ3n) is 3.72. The number of rotatable bonds is 2. The van der Waals surface area contributed by atoms with Crippen molar-refractivity contribution in [1.29, 1.82) is 0 Å². The number of aliphatic hydroxyl groups excluding tert-OH is 1. The van der Waals surface area contributed by atoms with Crippen molar-refractivity contribution in [3.8, 4) is 0 Å². The molecule has 0 aromatic heterocycles. The van der Waals surface area contributed by atoms with Crippen LogP contribution < -0.4 is 0 Å². The summed E-state index contributed by atoms with van der Waals surface area (Å²) in [5.41, 5.74) is 2.88. The average Bonchev–Trinajstić information content (AvgIpc) is 2.40. The maximum atomic E-state index is 12.6. The lowest BCUT2D eigenvalue weighted by molar-refractivity contribution is 0.0502. The third kappa shape index (κ3) is 2.56. The number of carbonyl (C=O) groups is 1. The summed E-state index contributed by atoms with van der Waals surface area (Å²) in [6.45, 7) is 4.79. The Hall–Kier alpha value is -1.35. The molecule has 3 heteroatoms. The van der Waals surface area contributed by atoms with Crippen molar-refractivity contribution >= 4 is 5.91 Å². The first-order valence-electron chi connectivity index (χ1n) is 6.62. The predicted molar refractivity (Wildman–Crippen MR) is 71.7 cm³/mol. The highest BCUT2D eigenvalue weighted by Gasteiger charge is 2.27. The fourth-order valence-corrected chi connectivity index (χ4v) is 2.58. The number of nitrogens with zero attached hydrogens (tertiary/aromatic N) is 1. The molecule has 0 saturated carbocycles. The number of hydrogen-bond donors (Lipinski definition) is 1. The maximum absolute atomic E-state index is 12.6. The topological polar surface area (TPSA) is 40.5 Å². The molecule has 18 heavy (non-hydrogen) atoms. The molecule has 2 rings (SSSR count). The second kappa shape index (κ2) is 5.53. The Morgan fingerprint density at radius 1 is 1.39 bits per heavy atom. The second-order valence-electron chi connectivity index (χ2n) is 5.15. The van der Waals surface area contributed by atoms with Crippen LogP contribution in [0.15, 0.2) is 18.2 Å². The molecule has 1 aliphatic heterocycles. The van der Waals surface area contributed by atoms with Gasteiger partial charge in [-0.1, -0.05) is 17.7 Å². The fraction of sp³-hybridized carbons (Fsp3) is 0.533. The highest BCUT2D eigenvalue weighted by molar-refractivity contribution is 5.96. The second-order valence-corrected chi connectivity index (χ2v) is 5.15. The minimum atomic E-state index is -0.00818. The molecule has 1 aromatic carbocycles. The van der Waals surface area contributed by atoms with E-state index in [9.17, 15) is 9.90 Å². The molecule has 1 aromatic rings. The number of amides is 1. The molecule has 0 spiro atoms. The van der Waals surface area contributed by atoms with Crippen molar-refractivity contribution in [3.63, 3.8) is 0 Å². The third-order valence-corrected chi connectivity index (χ3v) is 3.72. The largest absolute Gasteiger partial charge is 0.394 e. The molecule has 1 fully saturated rings. The Balaban J connectivity index is 2.26.